The van der Waals surface area contributed by atoms with Crippen molar-refractivity contribution in [1.29, 1.82) is 0 Å². The van der Waals surface area contributed by atoms with Crippen LogP contribution in [0.2, 0.25) is 0 Å². The van der Waals surface area contributed by atoms with Gasteiger partial charge in [0.1, 0.15) is 5.75 Å². The summed E-state index contributed by atoms with van der Waals surface area (Å²) in [4.78, 5) is 0. The van der Waals surface area contributed by atoms with E-state index in [2.05, 4.69) is 43.4 Å². The highest BCUT2D eigenvalue weighted by Gasteiger charge is 2.26. The maximum atomic E-state index is 5.89. The van der Waals surface area contributed by atoms with Crippen molar-refractivity contribution in [2.24, 2.45) is 5.92 Å². The van der Waals surface area contributed by atoms with Crippen LogP contribution in [0.1, 0.15) is 51.5 Å². The Morgan fingerprint density at radius 3 is 2.65 bits per heavy atom. The molecule has 1 fully saturated rings. The van der Waals surface area contributed by atoms with Crippen LogP contribution in [0.15, 0.2) is 24.3 Å². The molecule has 2 rings (SSSR count). The van der Waals surface area contributed by atoms with Gasteiger partial charge in [-0.1, -0.05) is 32.4 Å². The summed E-state index contributed by atoms with van der Waals surface area (Å²) in [6.07, 6.45) is 7.57. The summed E-state index contributed by atoms with van der Waals surface area (Å²) in [5, 5.41) is 3.69. The lowest BCUT2D eigenvalue weighted by atomic mass is 10.00. The molecule has 0 spiro atoms. The van der Waals surface area contributed by atoms with Gasteiger partial charge in [0, 0.05) is 6.04 Å². The summed E-state index contributed by atoms with van der Waals surface area (Å²) in [7, 11) is 0. The lowest BCUT2D eigenvalue weighted by molar-refractivity contribution is 0.260. The molecule has 1 aromatic rings. The Bertz CT molecular complexity index is 374. The minimum absolute atomic E-state index is 0.723. The van der Waals surface area contributed by atoms with Gasteiger partial charge in [-0.05, 0) is 62.3 Å². The van der Waals surface area contributed by atoms with Crippen LogP contribution in [0.4, 0.5) is 0 Å². The molecule has 0 bridgehead atoms. The van der Waals surface area contributed by atoms with Crippen molar-refractivity contribution in [3.05, 3.63) is 29.8 Å². The van der Waals surface area contributed by atoms with Crippen molar-refractivity contribution in [2.45, 2.75) is 58.4 Å². The van der Waals surface area contributed by atoms with Crippen LogP contribution in [0.5, 0.6) is 5.75 Å². The van der Waals surface area contributed by atoms with Crippen LogP contribution in [-0.4, -0.2) is 19.2 Å². The third-order valence-corrected chi connectivity index (χ3v) is 4.40. The average Bonchev–Trinajstić information content (AvgIpc) is 2.93. The van der Waals surface area contributed by atoms with Gasteiger partial charge < -0.3 is 10.1 Å². The summed E-state index contributed by atoms with van der Waals surface area (Å²) in [5.41, 5.74) is 1.37. The van der Waals surface area contributed by atoms with Crippen molar-refractivity contribution in [1.82, 2.24) is 5.32 Å². The molecular formula is C18H29NO. The highest BCUT2D eigenvalue weighted by molar-refractivity contribution is 5.27. The molecule has 20 heavy (non-hydrogen) atoms. The van der Waals surface area contributed by atoms with Crippen molar-refractivity contribution < 1.29 is 4.74 Å². The molecule has 1 aliphatic carbocycles. The zero-order valence-electron chi connectivity index (χ0n) is 13.0. The van der Waals surface area contributed by atoms with Crippen molar-refractivity contribution in [2.75, 3.05) is 13.2 Å². The van der Waals surface area contributed by atoms with E-state index in [1.165, 1.54) is 37.7 Å². The SMILES string of the molecule is CCCNC1CCCC1CCOc1ccc(CC)cc1. The van der Waals surface area contributed by atoms with Crippen LogP contribution in [0.3, 0.4) is 0 Å². The van der Waals surface area contributed by atoms with Gasteiger partial charge in [0.05, 0.1) is 6.61 Å². The molecule has 2 unspecified atom stereocenters. The molecule has 0 heterocycles. The van der Waals surface area contributed by atoms with Gasteiger partial charge in [0.25, 0.3) is 0 Å². The van der Waals surface area contributed by atoms with E-state index in [0.29, 0.717) is 0 Å². The number of benzene rings is 1. The quantitative estimate of drug-likeness (QED) is 0.768. The fourth-order valence-electron chi connectivity index (χ4n) is 3.13. The highest BCUT2D eigenvalue weighted by atomic mass is 16.5. The first-order chi connectivity index (χ1) is 9.83. The van der Waals surface area contributed by atoms with E-state index in [4.69, 9.17) is 4.74 Å². The first-order valence-corrected chi connectivity index (χ1v) is 8.28. The lowest BCUT2D eigenvalue weighted by Gasteiger charge is -2.21. The zero-order chi connectivity index (χ0) is 14.2. The molecule has 1 aliphatic rings. The lowest BCUT2D eigenvalue weighted by Crippen LogP contribution is -2.33. The van der Waals surface area contributed by atoms with Gasteiger partial charge in [-0.3, -0.25) is 0 Å². The largest absolute Gasteiger partial charge is 0.494 e. The normalized spacial score (nSPS) is 22.1. The van der Waals surface area contributed by atoms with E-state index < -0.39 is 0 Å². The minimum atomic E-state index is 0.723. The number of hydrogen-bond acceptors (Lipinski definition) is 2. The van der Waals surface area contributed by atoms with Gasteiger partial charge in [-0.15, -0.1) is 0 Å². The van der Waals surface area contributed by atoms with Gasteiger partial charge >= 0.3 is 0 Å². The Morgan fingerprint density at radius 2 is 1.95 bits per heavy atom. The first kappa shape index (κ1) is 15.4. The number of ether oxygens (including phenoxy) is 1. The molecule has 1 N–H and O–H groups in total. The molecule has 112 valence electrons. The second-order valence-electron chi connectivity index (χ2n) is 5.89. The van der Waals surface area contributed by atoms with Crippen molar-refractivity contribution in [3.63, 3.8) is 0 Å². The molecule has 0 saturated heterocycles. The van der Waals surface area contributed by atoms with Crippen LogP contribution in [-0.2, 0) is 6.42 Å². The zero-order valence-corrected chi connectivity index (χ0v) is 13.0. The predicted octanol–water partition coefficient (Wildman–Crippen LogP) is 4.19. The van der Waals surface area contributed by atoms with E-state index in [1.807, 2.05) is 0 Å². The molecule has 0 amide bonds. The molecule has 2 atom stereocenters. The maximum absolute atomic E-state index is 5.89. The Balaban J connectivity index is 1.71. The van der Waals surface area contributed by atoms with Crippen molar-refractivity contribution in [3.8, 4) is 5.75 Å². The van der Waals surface area contributed by atoms with E-state index >= 15 is 0 Å². The Kier molecular flexibility index (Phi) is 6.38. The summed E-state index contributed by atoms with van der Waals surface area (Å²) in [6.45, 7) is 6.42. The number of nitrogens with one attached hydrogen (secondary N) is 1. The fraction of sp³-hybridized carbons (Fsp3) is 0.667. The van der Waals surface area contributed by atoms with Crippen LogP contribution < -0.4 is 10.1 Å². The van der Waals surface area contributed by atoms with E-state index in [9.17, 15) is 0 Å². The molecule has 2 nitrogen and oxygen atoms in total. The second-order valence-corrected chi connectivity index (χ2v) is 5.89. The fourth-order valence-corrected chi connectivity index (χ4v) is 3.13. The van der Waals surface area contributed by atoms with E-state index in [-0.39, 0.29) is 0 Å². The summed E-state index contributed by atoms with van der Waals surface area (Å²) < 4.78 is 5.89. The molecule has 1 saturated carbocycles. The molecule has 2 heteroatoms. The number of rotatable bonds is 8. The van der Waals surface area contributed by atoms with Crippen molar-refractivity contribution >= 4 is 0 Å². The number of aryl methyl sites for hydroxylation is 1. The highest BCUT2D eigenvalue weighted by Crippen LogP contribution is 2.28. The smallest absolute Gasteiger partial charge is 0.119 e. The molecular weight excluding hydrogens is 246 g/mol. The first-order valence-electron chi connectivity index (χ1n) is 8.28. The van der Waals surface area contributed by atoms with Crippen LogP contribution in [0.25, 0.3) is 0 Å². The minimum Gasteiger partial charge on any atom is -0.494 e. The van der Waals surface area contributed by atoms with Gasteiger partial charge in [0.15, 0.2) is 0 Å². The third kappa shape index (κ3) is 4.52. The van der Waals surface area contributed by atoms with Crippen LogP contribution >= 0.6 is 0 Å². The summed E-state index contributed by atoms with van der Waals surface area (Å²) >= 11 is 0. The Hall–Kier alpha value is -1.02. The molecule has 0 aromatic heterocycles. The van der Waals surface area contributed by atoms with Crippen LogP contribution in [0, 0.1) is 5.92 Å². The van der Waals surface area contributed by atoms with Gasteiger partial charge in [-0.25, -0.2) is 0 Å². The van der Waals surface area contributed by atoms with E-state index in [0.717, 1.165) is 37.3 Å². The Morgan fingerprint density at radius 1 is 1.15 bits per heavy atom. The predicted molar refractivity (Wildman–Crippen MR) is 85.4 cm³/mol. The molecule has 0 aliphatic heterocycles. The summed E-state index contributed by atoms with van der Waals surface area (Å²) in [5.74, 6) is 1.81. The Labute approximate surface area is 123 Å². The standard InChI is InChI=1S/C18H29NO/c1-3-13-19-18-7-5-6-16(18)12-14-20-17-10-8-15(4-2)9-11-17/h8-11,16,18-19H,3-7,12-14H2,1-2H3. The van der Waals surface area contributed by atoms with Gasteiger partial charge in [0.2, 0.25) is 0 Å². The third-order valence-electron chi connectivity index (χ3n) is 4.40. The molecule has 1 aromatic carbocycles. The second kappa shape index (κ2) is 8.31. The van der Waals surface area contributed by atoms with E-state index in [1.54, 1.807) is 0 Å². The topological polar surface area (TPSA) is 21.3 Å². The number of hydrogen-bond donors (Lipinski definition) is 1. The monoisotopic (exact) mass is 275 g/mol. The maximum Gasteiger partial charge on any atom is 0.119 e. The molecule has 0 radical (unpaired) electrons. The average molecular weight is 275 g/mol. The van der Waals surface area contributed by atoms with Gasteiger partial charge in [-0.2, -0.15) is 0 Å². The summed E-state index contributed by atoms with van der Waals surface area (Å²) in [6, 6.07) is 9.24.